The number of rotatable bonds is 8. The molecule has 22 heavy (non-hydrogen) atoms. The molecule has 0 aromatic carbocycles. The molecule has 1 saturated carbocycles. The van der Waals surface area contributed by atoms with Gasteiger partial charge in [0.15, 0.2) is 5.69 Å². The molecule has 122 valence electrons. The molecule has 1 fully saturated rings. The average molecular weight is 308 g/mol. The predicted octanol–water partition coefficient (Wildman–Crippen LogP) is 2.47. The molecular formula is C16H24N2O4. The third kappa shape index (κ3) is 3.81. The van der Waals surface area contributed by atoms with Gasteiger partial charge in [-0.1, -0.05) is 0 Å². The van der Waals surface area contributed by atoms with Gasteiger partial charge in [0.1, 0.15) is 0 Å². The first-order valence-electron chi connectivity index (χ1n) is 7.90. The topological polar surface area (TPSA) is 83.5 Å². The van der Waals surface area contributed by atoms with Gasteiger partial charge in [0.2, 0.25) is 0 Å². The van der Waals surface area contributed by atoms with Gasteiger partial charge in [-0.05, 0) is 45.1 Å². The SMILES string of the molecule is CCOC(=O)CCCn1c(C2CC2)cc(N)c1C(=O)OCC. The molecule has 1 heterocycles. The first-order valence-corrected chi connectivity index (χ1v) is 7.90. The zero-order chi connectivity index (χ0) is 16.1. The number of hydrogen-bond donors (Lipinski definition) is 1. The summed E-state index contributed by atoms with van der Waals surface area (Å²) in [5, 5.41) is 0. The Balaban J connectivity index is 2.12. The van der Waals surface area contributed by atoms with Crippen LogP contribution in [0.1, 0.15) is 61.6 Å². The van der Waals surface area contributed by atoms with Crippen molar-refractivity contribution in [3.8, 4) is 0 Å². The molecule has 2 rings (SSSR count). The van der Waals surface area contributed by atoms with E-state index in [1.807, 2.05) is 10.6 Å². The molecular weight excluding hydrogens is 284 g/mol. The van der Waals surface area contributed by atoms with Crippen LogP contribution in [0.3, 0.4) is 0 Å². The molecule has 6 heteroatoms. The Morgan fingerprint density at radius 3 is 2.55 bits per heavy atom. The fourth-order valence-corrected chi connectivity index (χ4v) is 2.59. The van der Waals surface area contributed by atoms with Crippen LogP contribution in [0.15, 0.2) is 6.07 Å². The molecule has 0 atom stereocenters. The second-order valence-electron chi connectivity index (χ2n) is 5.43. The Kier molecular flexibility index (Phi) is 5.46. The number of carbonyl (C=O) groups is 2. The van der Waals surface area contributed by atoms with Gasteiger partial charge in [-0.2, -0.15) is 0 Å². The van der Waals surface area contributed by atoms with E-state index in [2.05, 4.69) is 0 Å². The lowest BCUT2D eigenvalue weighted by molar-refractivity contribution is -0.143. The zero-order valence-electron chi connectivity index (χ0n) is 13.3. The monoisotopic (exact) mass is 308 g/mol. The smallest absolute Gasteiger partial charge is 0.357 e. The normalized spacial score (nSPS) is 13.9. The molecule has 0 amide bonds. The van der Waals surface area contributed by atoms with E-state index in [1.165, 1.54) is 0 Å². The van der Waals surface area contributed by atoms with Crippen LogP contribution in [-0.2, 0) is 20.8 Å². The summed E-state index contributed by atoms with van der Waals surface area (Å²) >= 11 is 0. The second kappa shape index (κ2) is 7.33. The number of nitrogen functional groups attached to an aromatic ring is 1. The van der Waals surface area contributed by atoms with E-state index in [4.69, 9.17) is 15.2 Å². The number of esters is 2. The summed E-state index contributed by atoms with van der Waals surface area (Å²) < 4.78 is 11.9. The number of nitrogens with two attached hydrogens (primary N) is 1. The molecule has 0 unspecified atom stereocenters. The number of hydrogen-bond acceptors (Lipinski definition) is 5. The Labute approximate surface area is 130 Å². The van der Waals surface area contributed by atoms with Crippen LogP contribution in [-0.4, -0.2) is 29.7 Å². The van der Waals surface area contributed by atoms with Gasteiger partial charge >= 0.3 is 11.9 Å². The van der Waals surface area contributed by atoms with E-state index in [9.17, 15) is 9.59 Å². The molecule has 0 radical (unpaired) electrons. The van der Waals surface area contributed by atoms with E-state index in [-0.39, 0.29) is 5.97 Å². The van der Waals surface area contributed by atoms with Crippen LogP contribution in [0.25, 0.3) is 0 Å². The highest BCUT2D eigenvalue weighted by molar-refractivity contribution is 5.94. The van der Waals surface area contributed by atoms with Crippen LogP contribution < -0.4 is 5.73 Å². The lowest BCUT2D eigenvalue weighted by Gasteiger charge is -2.12. The Morgan fingerprint density at radius 1 is 1.27 bits per heavy atom. The Bertz CT molecular complexity index is 547. The average Bonchev–Trinajstić information content (AvgIpc) is 3.24. The van der Waals surface area contributed by atoms with E-state index in [0.29, 0.717) is 49.9 Å². The van der Waals surface area contributed by atoms with E-state index in [0.717, 1.165) is 18.5 Å². The zero-order valence-corrected chi connectivity index (χ0v) is 13.3. The van der Waals surface area contributed by atoms with Crippen LogP contribution in [0.5, 0.6) is 0 Å². The summed E-state index contributed by atoms with van der Waals surface area (Å²) in [6.07, 6.45) is 3.17. The van der Waals surface area contributed by atoms with Gasteiger partial charge < -0.3 is 19.8 Å². The van der Waals surface area contributed by atoms with Gasteiger partial charge in [0, 0.05) is 18.7 Å². The summed E-state index contributed by atoms with van der Waals surface area (Å²) in [5.74, 6) is -0.149. The first-order chi connectivity index (χ1) is 10.6. The van der Waals surface area contributed by atoms with Crippen molar-refractivity contribution in [1.82, 2.24) is 4.57 Å². The summed E-state index contributed by atoms with van der Waals surface area (Å²) in [5.41, 5.74) is 7.94. The lowest BCUT2D eigenvalue weighted by Crippen LogP contribution is -2.16. The Morgan fingerprint density at radius 2 is 1.95 bits per heavy atom. The maximum Gasteiger partial charge on any atom is 0.357 e. The van der Waals surface area contributed by atoms with Gasteiger partial charge in [0.25, 0.3) is 0 Å². The molecule has 2 N–H and O–H groups in total. The van der Waals surface area contributed by atoms with E-state index >= 15 is 0 Å². The molecule has 1 aliphatic carbocycles. The van der Waals surface area contributed by atoms with E-state index in [1.54, 1.807) is 13.8 Å². The van der Waals surface area contributed by atoms with Crippen molar-refractivity contribution in [2.45, 2.75) is 52.0 Å². The van der Waals surface area contributed by atoms with Crippen molar-refractivity contribution in [3.05, 3.63) is 17.5 Å². The molecule has 1 aliphatic rings. The van der Waals surface area contributed by atoms with E-state index < -0.39 is 5.97 Å². The molecule has 0 saturated heterocycles. The van der Waals surface area contributed by atoms with Crippen molar-refractivity contribution >= 4 is 17.6 Å². The van der Waals surface area contributed by atoms with Gasteiger partial charge in [-0.15, -0.1) is 0 Å². The minimum Gasteiger partial charge on any atom is -0.466 e. The lowest BCUT2D eigenvalue weighted by atomic mass is 10.2. The third-order valence-electron chi connectivity index (χ3n) is 3.69. The summed E-state index contributed by atoms with van der Waals surface area (Å²) in [7, 11) is 0. The van der Waals surface area contributed by atoms with Crippen molar-refractivity contribution < 1.29 is 19.1 Å². The predicted molar refractivity (Wildman–Crippen MR) is 82.6 cm³/mol. The fraction of sp³-hybridized carbons (Fsp3) is 0.625. The standard InChI is InChI=1S/C16H24N2O4/c1-3-21-14(19)6-5-9-18-13(11-7-8-11)10-12(17)15(18)16(20)22-4-2/h10-11H,3-9,17H2,1-2H3. The number of anilines is 1. The van der Waals surface area contributed by atoms with Gasteiger partial charge in [-0.25, -0.2) is 4.79 Å². The first kappa shape index (κ1) is 16.4. The maximum absolute atomic E-state index is 12.1. The highest BCUT2D eigenvalue weighted by Crippen LogP contribution is 2.42. The summed E-state index contributed by atoms with van der Waals surface area (Å²) in [6, 6.07) is 1.87. The molecule has 0 aliphatic heterocycles. The molecule has 0 bridgehead atoms. The van der Waals surface area contributed by atoms with Crippen molar-refractivity contribution in [2.75, 3.05) is 18.9 Å². The fourth-order valence-electron chi connectivity index (χ4n) is 2.59. The second-order valence-corrected chi connectivity index (χ2v) is 5.43. The van der Waals surface area contributed by atoms with Crippen LogP contribution in [0, 0.1) is 0 Å². The quantitative estimate of drug-likeness (QED) is 0.746. The van der Waals surface area contributed by atoms with Crippen LogP contribution >= 0.6 is 0 Å². The van der Waals surface area contributed by atoms with Crippen LogP contribution in [0.2, 0.25) is 0 Å². The number of carbonyl (C=O) groups excluding carboxylic acids is 2. The van der Waals surface area contributed by atoms with Crippen molar-refractivity contribution in [2.24, 2.45) is 0 Å². The highest BCUT2D eigenvalue weighted by Gasteiger charge is 2.31. The minimum absolute atomic E-state index is 0.215. The molecule has 1 aromatic heterocycles. The summed E-state index contributed by atoms with van der Waals surface area (Å²) in [6.45, 7) is 4.82. The third-order valence-corrected chi connectivity index (χ3v) is 3.69. The summed E-state index contributed by atoms with van der Waals surface area (Å²) in [4.78, 5) is 23.6. The molecule has 6 nitrogen and oxygen atoms in total. The largest absolute Gasteiger partial charge is 0.466 e. The van der Waals surface area contributed by atoms with Crippen molar-refractivity contribution in [3.63, 3.8) is 0 Å². The van der Waals surface area contributed by atoms with Gasteiger partial charge in [-0.3, -0.25) is 4.79 Å². The number of nitrogens with zero attached hydrogens (tertiary/aromatic N) is 1. The molecule has 1 aromatic rings. The maximum atomic E-state index is 12.1. The number of aromatic nitrogens is 1. The minimum atomic E-state index is -0.400. The van der Waals surface area contributed by atoms with Gasteiger partial charge in [0.05, 0.1) is 18.9 Å². The van der Waals surface area contributed by atoms with Crippen molar-refractivity contribution in [1.29, 1.82) is 0 Å². The molecule has 0 spiro atoms. The van der Waals surface area contributed by atoms with Crippen LogP contribution in [0.4, 0.5) is 5.69 Å². The Hall–Kier alpha value is -1.98. The highest BCUT2D eigenvalue weighted by atomic mass is 16.5. The number of ether oxygens (including phenoxy) is 2.